The number of anilines is 3. The van der Waals surface area contributed by atoms with Gasteiger partial charge in [0.25, 0.3) is 0 Å². The Morgan fingerprint density at radius 3 is 2.58 bits per heavy atom. The van der Waals surface area contributed by atoms with Gasteiger partial charge in [-0.3, -0.25) is 19.5 Å². The highest BCUT2D eigenvalue weighted by Gasteiger charge is 2.32. The van der Waals surface area contributed by atoms with Crippen LogP contribution in [0.2, 0.25) is 0 Å². The molecular weight excluding hydrogens is 416 g/mol. The zero-order chi connectivity index (χ0) is 24.0. The van der Waals surface area contributed by atoms with Crippen molar-refractivity contribution in [1.29, 1.82) is 0 Å². The highest BCUT2D eigenvalue weighted by atomic mass is 16.2. The van der Waals surface area contributed by atoms with E-state index in [9.17, 15) is 9.59 Å². The number of rotatable bonds is 8. The molecule has 0 saturated heterocycles. The maximum absolute atomic E-state index is 12.3. The van der Waals surface area contributed by atoms with Gasteiger partial charge in [0.05, 0.1) is 24.0 Å². The minimum absolute atomic E-state index is 0.0110. The van der Waals surface area contributed by atoms with Crippen molar-refractivity contribution in [2.24, 2.45) is 4.99 Å². The third-order valence-electron chi connectivity index (χ3n) is 5.70. The molecule has 0 spiro atoms. The van der Waals surface area contributed by atoms with Crippen molar-refractivity contribution in [2.45, 2.75) is 39.2 Å². The molecule has 2 heterocycles. The van der Waals surface area contributed by atoms with E-state index < -0.39 is 0 Å². The number of amides is 2. The summed E-state index contributed by atoms with van der Waals surface area (Å²) in [6.45, 7) is 8.61. The fourth-order valence-corrected chi connectivity index (χ4v) is 3.82. The number of benzene rings is 1. The Morgan fingerprint density at radius 1 is 1.21 bits per heavy atom. The molecule has 0 fully saturated rings. The first-order valence-electron chi connectivity index (χ1n) is 11.2. The largest absolute Gasteiger partial charge is 0.359 e. The molecule has 174 valence electrons. The van der Waals surface area contributed by atoms with Crippen molar-refractivity contribution in [3.8, 4) is 0 Å². The Bertz CT molecular complexity index is 1050. The molecule has 2 amide bonds. The van der Waals surface area contributed by atoms with Crippen LogP contribution in [0.3, 0.4) is 0 Å². The molecule has 2 N–H and O–H groups in total. The molecule has 1 aromatic carbocycles. The van der Waals surface area contributed by atoms with Gasteiger partial charge < -0.3 is 15.5 Å². The van der Waals surface area contributed by atoms with E-state index in [0.717, 1.165) is 17.7 Å². The molecule has 8 nitrogen and oxygen atoms in total. The number of aliphatic imine (C=N–C) groups is 1. The van der Waals surface area contributed by atoms with E-state index in [1.165, 1.54) is 0 Å². The average Bonchev–Trinajstić information content (AvgIpc) is 2.85. The first-order valence-corrected chi connectivity index (χ1v) is 11.2. The number of aromatic nitrogens is 1. The molecule has 2 aromatic rings. The smallest absolute Gasteiger partial charge is 0.227 e. The molecule has 1 aliphatic heterocycles. The van der Waals surface area contributed by atoms with E-state index in [0.29, 0.717) is 42.6 Å². The zero-order valence-electron chi connectivity index (χ0n) is 19.8. The van der Waals surface area contributed by atoms with E-state index in [4.69, 9.17) is 4.98 Å². The van der Waals surface area contributed by atoms with Crippen LogP contribution in [0.5, 0.6) is 0 Å². The fraction of sp³-hybridized carbons (Fsp3) is 0.360. The Balaban J connectivity index is 2.07. The van der Waals surface area contributed by atoms with Crippen molar-refractivity contribution >= 4 is 35.0 Å². The molecule has 1 atom stereocenters. The number of hydrogen-bond acceptors (Lipinski definition) is 5. The summed E-state index contributed by atoms with van der Waals surface area (Å²) < 4.78 is 0. The van der Waals surface area contributed by atoms with Crippen LogP contribution in [0.15, 0.2) is 59.7 Å². The average molecular weight is 449 g/mol. The van der Waals surface area contributed by atoms with Gasteiger partial charge in [0.2, 0.25) is 11.8 Å². The predicted molar refractivity (Wildman–Crippen MR) is 134 cm³/mol. The summed E-state index contributed by atoms with van der Waals surface area (Å²) in [6, 6.07) is 13.9. The van der Waals surface area contributed by atoms with Gasteiger partial charge in [-0.25, -0.2) is 4.98 Å². The lowest BCUT2D eigenvalue weighted by Gasteiger charge is -2.39. The third kappa shape index (κ3) is 5.22. The molecule has 8 heteroatoms. The maximum atomic E-state index is 12.3. The second-order valence-electron chi connectivity index (χ2n) is 7.78. The summed E-state index contributed by atoms with van der Waals surface area (Å²) in [6.07, 6.45) is 1.50. The number of carbonyl (C=O) groups excluding carboxylic acids is 2. The molecule has 1 aromatic heterocycles. The highest BCUT2D eigenvalue weighted by molar-refractivity contribution is 6.14. The van der Waals surface area contributed by atoms with Gasteiger partial charge >= 0.3 is 0 Å². The van der Waals surface area contributed by atoms with E-state index in [1.54, 1.807) is 19.0 Å². The first kappa shape index (κ1) is 24.0. The Labute approximate surface area is 195 Å². The van der Waals surface area contributed by atoms with E-state index in [2.05, 4.69) is 46.2 Å². The number of carbonyl (C=O) groups is 2. The summed E-state index contributed by atoms with van der Waals surface area (Å²) in [5.74, 6) is 1.79. The van der Waals surface area contributed by atoms with E-state index in [1.807, 2.05) is 37.3 Å². The Kier molecular flexibility index (Phi) is 7.82. The molecular formula is C25H32N6O2. The molecule has 1 aliphatic rings. The number of nitrogens with one attached hydrogen (secondary N) is 2. The number of fused-ring (bicyclic) bond motifs is 1. The number of hydrogen-bond donors (Lipinski definition) is 2. The van der Waals surface area contributed by atoms with E-state index >= 15 is 0 Å². The van der Waals surface area contributed by atoms with Crippen molar-refractivity contribution in [3.63, 3.8) is 0 Å². The van der Waals surface area contributed by atoms with Crippen LogP contribution in [-0.4, -0.2) is 43.3 Å². The molecule has 0 bridgehead atoms. The summed E-state index contributed by atoms with van der Waals surface area (Å²) >= 11 is 0. The summed E-state index contributed by atoms with van der Waals surface area (Å²) in [5.41, 5.74) is 2.57. The number of nitrogens with zero attached hydrogens (tertiary/aromatic N) is 4. The maximum Gasteiger partial charge on any atom is 0.227 e. The molecule has 3 rings (SSSR count). The van der Waals surface area contributed by atoms with Gasteiger partial charge in [-0.05, 0) is 24.1 Å². The SMILES string of the molecule is C=C1C(=NCCC(=O)NC)Nc2ccc(N(C)C(=O)CC)nc2N1C(CC)c1ccccc1. The molecule has 33 heavy (non-hydrogen) atoms. The zero-order valence-corrected chi connectivity index (χ0v) is 19.8. The van der Waals surface area contributed by atoms with Gasteiger partial charge in [0.15, 0.2) is 5.82 Å². The van der Waals surface area contributed by atoms with Crippen LogP contribution >= 0.6 is 0 Å². The molecule has 0 saturated carbocycles. The van der Waals surface area contributed by atoms with Crippen LogP contribution in [0.4, 0.5) is 17.3 Å². The van der Waals surface area contributed by atoms with Crippen molar-refractivity contribution in [1.82, 2.24) is 10.3 Å². The van der Waals surface area contributed by atoms with Crippen molar-refractivity contribution in [3.05, 3.63) is 60.3 Å². The normalized spacial score (nSPS) is 15.0. The monoisotopic (exact) mass is 448 g/mol. The van der Waals surface area contributed by atoms with Gasteiger partial charge in [-0.1, -0.05) is 50.8 Å². The first-order chi connectivity index (χ1) is 15.9. The van der Waals surface area contributed by atoms with Gasteiger partial charge in [-0.15, -0.1) is 0 Å². The van der Waals surface area contributed by atoms with Crippen LogP contribution in [0.25, 0.3) is 0 Å². The Morgan fingerprint density at radius 2 is 1.94 bits per heavy atom. The minimum Gasteiger partial charge on any atom is -0.359 e. The van der Waals surface area contributed by atoms with Crippen molar-refractivity contribution in [2.75, 3.05) is 35.8 Å². The van der Waals surface area contributed by atoms with Crippen LogP contribution in [0.1, 0.15) is 44.7 Å². The standard InChI is InChI=1S/C25H32N6O2/c1-6-20(18-11-9-8-10-12-18)31-17(3)24(27-16-15-22(32)26-4)28-19-13-14-21(29-25(19)31)30(5)23(33)7-2/h8-14,20H,3,6-7,15-16H2,1-2,4-5H3,(H,26,32)(H,27,28). The summed E-state index contributed by atoms with van der Waals surface area (Å²) in [7, 11) is 3.34. The lowest BCUT2D eigenvalue weighted by molar-refractivity contribution is -0.120. The molecule has 0 aliphatic carbocycles. The quantitative estimate of drug-likeness (QED) is 0.640. The number of amidine groups is 1. The lowest BCUT2D eigenvalue weighted by atomic mass is 10.0. The van der Waals surface area contributed by atoms with E-state index in [-0.39, 0.29) is 17.9 Å². The van der Waals surface area contributed by atoms with Crippen LogP contribution in [-0.2, 0) is 9.59 Å². The fourth-order valence-electron chi connectivity index (χ4n) is 3.82. The highest BCUT2D eigenvalue weighted by Crippen LogP contribution is 2.40. The van der Waals surface area contributed by atoms with Crippen LogP contribution < -0.4 is 20.4 Å². The minimum atomic E-state index is -0.0660. The number of pyridine rings is 1. The van der Waals surface area contributed by atoms with Gasteiger partial charge in [0, 0.05) is 26.9 Å². The summed E-state index contributed by atoms with van der Waals surface area (Å²) in [5, 5.41) is 5.93. The van der Waals surface area contributed by atoms with Crippen LogP contribution in [0, 0.1) is 0 Å². The summed E-state index contributed by atoms with van der Waals surface area (Å²) in [4.78, 5) is 37.0. The Hall–Kier alpha value is -3.68. The van der Waals surface area contributed by atoms with Gasteiger partial charge in [0.1, 0.15) is 11.7 Å². The topological polar surface area (TPSA) is 89.9 Å². The second-order valence-corrected chi connectivity index (χ2v) is 7.78. The molecule has 1 unspecified atom stereocenters. The molecule has 0 radical (unpaired) electrons. The predicted octanol–water partition coefficient (Wildman–Crippen LogP) is 3.89. The lowest BCUT2D eigenvalue weighted by Crippen LogP contribution is -2.39. The third-order valence-corrected chi connectivity index (χ3v) is 5.70. The second kappa shape index (κ2) is 10.8. The van der Waals surface area contributed by atoms with Crippen molar-refractivity contribution < 1.29 is 9.59 Å². The van der Waals surface area contributed by atoms with Gasteiger partial charge in [-0.2, -0.15) is 0 Å².